The minimum atomic E-state index is -0.160. The molecule has 4 heteroatoms. The Bertz CT molecular complexity index is 668. The molecule has 98 valence electrons. The van der Waals surface area contributed by atoms with Crippen LogP contribution in [0.2, 0.25) is 5.02 Å². The van der Waals surface area contributed by atoms with E-state index < -0.39 is 0 Å². The summed E-state index contributed by atoms with van der Waals surface area (Å²) < 4.78 is 0. The van der Waals surface area contributed by atoms with Crippen LogP contribution in [0.1, 0.15) is 23.6 Å². The standard InChI is InChI=1S/C16H12ClN3/c17-14-7-6-12(11-19)10-16(14)20-15(8-9-18)13-4-2-1-3-5-13/h1-7,10,15,20H,8H2. The molecule has 2 rings (SSSR count). The molecule has 0 heterocycles. The quantitative estimate of drug-likeness (QED) is 0.910. The van der Waals surface area contributed by atoms with Crippen molar-refractivity contribution < 1.29 is 0 Å². The predicted molar refractivity (Wildman–Crippen MR) is 79.2 cm³/mol. The number of hydrogen-bond donors (Lipinski definition) is 1. The largest absolute Gasteiger partial charge is 0.376 e. The molecule has 0 fully saturated rings. The fourth-order valence-corrected chi connectivity index (χ4v) is 2.09. The summed E-state index contributed by atoms with van der Waals surface area (Å²) >= 11 is 6.13. The van der Waals surface area contributed by atoms with Gasteiger partial charge >= 0.3 is 0 Å². The number of rotatable bonds is 4. The van der Waals surface area contributed by atoms with Gasteiger partial charge in [-0.1, -0.05) is 41.9 Å². The van der Waals surface area contributed by atoms with Crippen LogP contribution in [-0.2, 0) is 0 Å². The number of benzene rings is 2. The lowest BCUT2D eigenvalue weighted by Crippen LogP contribution is -2.10. The molecule has 0 aliphatic carbocycles. The first-order valence-corrected chi connectivity index (χ1v) is 6.50. The van der Waals surface area contributed by atoms with Crippen LogP contribution in [0.25, 0.3) is 0 Å². The molecule has 1 unspecified atom stereocenters. The molecule has 3 nitrogen and oxygen atoms in total. The summed E-state index contributed by atoms with van der Waals surface area (Å²) in [6, 6.07) is 18.8. The summed E-state index contributed by atoms with van der Waals surface area (Å²) in [6.07, 6.45) is 0.317. The molecule has 0 radical (unpaired) electrons. The monoisotopic (exact) mass is 281 g/mol. The van der Waals surface area contributed by atoms with E-state index in [1.165, 1.54) is 0 Å². The normalized spacial score (nSPS) is 11.2. The lowest BCUT2D eigenvalue weighted by molar-refractivity contribution is 0.806. The van der Waals surface area contributed by atoms with Crippen molar-refractivity contribution in [2.75, 3.05) is 5.32 Å². The number of hydrogen-bond acceptors (Lipinski definition) is 3. The molecule has 1 N–H and O–H groups in total. The second-order valence-electron chi connectivity index (χ2n) is 4.28. The van der Waals surface area contributed by atoms with Gasteiger partial charge in [-0.3, -0.25) is 0 Å². The Kier molecular flexibility index (Phi) is 4.60. The van der Waals surface area contributed by atoms with Crippen molar-refractivity contribution in [2.24, 2.45) is 0 Å². The highest BCUT2D eigenvalue weighted by molar-refractivity contribution is 6.33. The Morgan fingerprint density at radius 1 is 1.10 bits per heavy atom. The Hall–Kier alpha value is -2.49. The third-order valence-electron chi connectivity index (χ3n) is 2.92. The van der Waals surface area contributed by atoms with Gasteiger partial charge in [0.15, 0.2) is 0 Å². The van der Waals surface area contributed by atoms with Crippen molar-refractivity contribution in [3.63, 3.8) is 0 Å². The van der Waals surface area contributed by atoms with Crippen molar-refractivity contribution in [3.05, 3.63) is 64.7 Å². The van der Waals surface area contributed by atoms with E-state index in [2.05, 4.69) is 17.5 Å². The third-order valence-corrected chi connectivity index (χ3v) is 3.25. The van der Waals surface area contributed by atoms with Gasteiger partial charge in [-0.15, -0.1) is 0 Å². The van der Waals surface area contributed by atoms with Gasteiger partial charge in [0, 0.05) is 0 Å². The summed E-state index contributed by atoms with van der Waals surface area (Å²) in [5.74, 6) is 0. The first-order chi connectivity index (χ1) is 9.74. The van der Waals surface area contributed by atoms with E-state index in [0.29, 0.717) is 22.7 Å². The average molecular weight is 282 g/mol. The first kappa shape index (κ1) is 13.9. The smallest absolute Gasteiger partial charge is 0.0992 e. The van der Waals surface area contributed by atoms with E-state index in [-0.39, 0.29) is 6.04 Å². The van der Waals surface area contributed by atoms with Crippen LogP contribution >= 0.6 is 11.6 Å². The molecule has 0 saturated heterocycles. The second-order valence-corrected chi connectivity index (χ2v) is 4.68. The molecule has 2 aromatic carbocycles. The summed E-state index contributed by atoms with van der Waals surface area (Å²) in [5.41, 5.74) is 2.20. The molecule has 0 spiro atoms. The molecule has 0 bridgehead atoms. The number of halogens is 1. The lowest BCUT2D eigenvalue weighted by atomic mass is 10.0. The van der Waals surface area contributed by atoms with Gasteiger partial charge in [0.25, 0.3) is 0 Å². The van der Waals surface area contributed by atoms with Crippen LogP contribution in [-0.4, -0.2) is 0 Å². The molecular formula is C16H12ClN3. The van der Waals surface area contributed by atoms with Crippen molar-refractivity contribution in [1.29, 1.82) is 10.5 Å². The van der Waals surface area contributed by atoms with E-state index in [0.717, 1.165) is 5.56 Å². The Balaban J connectivity index is 2.30. The number of nitrogens with one attached hydrogen (secondary N) is 1. The lowest BCUT2D eigenvalue weighted by Gasteiger charge is -2.18. The first-order valence-electron chi connectivity index (χ1n) is 6.12. The summed E-state index contributed by atoms with van der Waals surface area (Å²) in [6.45, 7) is 0. The van der Waals surface area contributed by atoms with E-state index in [1.54, 1.807) is 18.2 Å². The molecular weight excluding hydrogens is 270 g/mol. The minimum Gasteiger partial charge on any atom is -0.376 e. The highest BCUT2D eigenvalue weighted by Crippen LogP contribution is 2.28. The third kappa shape index (κ3) is 3.29. The van der Waals surface area contributed by atoms with Crippen molar-refractivity contribution >= 4 is 17.3 Å². The summed E-state index contributed by atoms with van der Waals surface area (Å²) in [5, 5.41) is 21.7. The van der Waals surface area contributed by atoms with Crippen LogP contribution in [0.3, 0.4) is 0 Å². The van der Waals surface area contributed by atoms with E-state index >= 15 is 0 Å². The van der Waals surface area contributed by atoms with Gasteiger partial charge in [0.05, 0.1) is 40.9 Å². The average Bonchev–Trinajstić information content (AvgIpc) is 2.49. The molecule has 0 aliphatic rings. The maximum atomic E-state index is 8.97. The highest BCUT2D eigenvalue weighted by atomic mass is 35.5. The zero-order chi connectivity index (χ0) is 14.4. The van der Waals surface area contributed by atoms with Crippen LogP contribution in [0.15, 0.2) is 48.5 Å². The van der Waals surface area contributed by atoms with Crippen LogP contribution in [0.4, 0.5) is 5.69 Å². The summed E-state index contributed by atoms with van der Waals surface area (Å²) in [7, 11) is 0. The van der Waals surface area contributed by atoms with Crippen molar-refractivity contribution in [3.8, 4) is 12.1 Å². The predicted octanol–water partition coefficient (Wildman–Crippen LogP) is 4.28. The summed E-state index contributed by atoms with van der Waals surface area (Å²) in [4.78, 5) is 0. The Morgan fingerprint density at radius 2 is 1.85 bits per heavy atom. The van der Waals surface area contributed by atoms with Crippen LogP contribution in [0, 0.1) is 22.7 Å². The van der Waals surface area contributed by atoms with Gasteiger partial charge in [-0.05, 0) is 23.8 Å². The molecule has 0 saturated carbocycles. The molecule has 1 atom stereocenters. The molecule has 20 heavy (non-hydrogen) atoms. The van der Waals surface area contributed by atoms with E-state index in [4.69, 9.17) is 22.1 Å². The number of nitriles is 2. The van der Waals surface area contributed by atoms with E-state index in [1.807, 2.05) is 30.3 Å². The van der Waals surface area contributed by atoms with Crippen LogP contribution in [0.5, 0.6) is 0 Å². The fraction of sp³-hybridized carbons (Fsp3) is 0.125. The topological polar surface area (TPSA) is 59.6 Å². The second kappa shape index (κ2) is 6.61. The number of nitrogens with zero attached hydrogens (tertiary/aromatic N) is 2. The Morgan fingerprint density at radius 3 is 2.50 bits per heavy atom. The van der Waals surface area contributed by atoms with Gasteiger partial charge in [-0.2, -0.15) is 10.5 Å². The molecule has 0 aliphatic heterocycles. The zero-order valence-electron chi connectivity index (χ0n) is 10.7. The van der Waals surface area contributed by atoms with Gasteiger partial charge in [0.1, 0.15) is 0 Å². The molecule has 0 amide bonds. The van der Waals surface area contributed by atoms with Gasteiger partial charge < -0.3 is 5.32 Å². The minimum absolute atomic E-state index is 0.160. The maximum Gasteiger partial charge on any atom is 0.0992 e. The maximum absolute atomic E-state index is 8.97. The van der Waals surface area contributed by atoms with E-state index in [9.17, 15) is 0 Å². The Labute approximate surface area is 123 Å². The van der Waals surface area contributed by atoms with Crippen molar-refractivity contribution in [1.82, 2.24) is 0 Å². The highest BCUT2D eigenvalue weighted by Gasteiger charge is 2.12. The van der Waals surface area contributed by atoms with Gasteiger partial charge in [0.2, 0.25) is 0 Å². The van der Waals surface area contributed by atoms with Crippen LogP contribution < -0.4 is 5.32 Å². The zero-order valence-corrected chi connectivity index (χ0v) is 11.4. The molecule has 2 aromatic rings. The SMILES string of the molecule is N#CCC(Nc1cc(C#N)ccc1Cl)c1ccccc1. The fourth-order valence-electron chi connectivity index (χ4n) is 1.92. The van der Waals surface area contributed by atoms with Gasteiger partial charge in [-0.25, -0.2) is 0 Å². The van der Waals surface area contributed by atoms with Crippen molar-refractivity contribution in [2.45, 2.75) is 12.5 Å². The molecule has 0 aromatic heterocycles. The number of anilines is 1.